The number of hydrogen-bond donors (Lipinski definition) is 3. The van der Waals surface area contributed by atoms with Crippen LogP contribution in [0.15, 0.2) is 83.5 Å². The van der Waals surface area contributed by atoms with Gasteiger partial charge < -0.3 is 15.6 Å². The van der Waals surface area contributed by atoms with Crippen molar-refractivity contribution in [1.29, 1.82) is 0 Å². The van der Waals surface area contributed by atoms with Gasteiger partial charge in [-0.1, -0.05) is 57.9 Å². The molecule has 31 heavy (non-hydrogen) atoms. The second kappa shape index (κ2) is 9.37. The molecule has 3 aromatic carbocycles. The van der Waals surface area contributed by atoms with E-state index in [0.717, 1.165) is 20.9 Å². The summed E-state index contributed by atoms with van der Waals surface area (Å²) in [6, 6.07) is 21.1. The molecular formula is C24H19BrClN3O2. The number of carbonyl (C=O) groups is 2. The third-order valence-corrected chi connectivity index (χ3v) is 5.81. The second-order valence-corrected chi connectivity index (χ2v) is 8.39. The molecule has 0 saturated carbocycles. The van der Waals surface area contributed by atoms with Gasteiger partial charge in [0.1, 0.15) is 6.04 Å². The van der Waals surface area contributed by atoms with Crippen LogP contribution in [0.25, 0.3) is 10.9 Å². The van der Waals surface area contributed by atoms with E-state index < -0.39 is 11.9 Å². The highest BCUT2D eigenvalue weighted by atomic mass is 79.9. The third-order valence-electron chi connectivity index (χ3n) is 4.95. The molecule has 4 aromatic rings. The monoisotopic (exact) mass is 495 g/mol. The number of fused-ring (bicyclic) bond motifs is 1. The molecule has 0 bridgehead atoms. The van der Waals surface area contributed by atoms with Crippen molar-refractivity contribution in [3.8, 4) is 0 Å². The molecule has 4 rings (SSSR count). The van der Waals surface area contributed by atoms with Gasteiger partial charge >= 0.3 is 0 Å². The molecule has 0 radical (unpaired) electrons. The molecule has 3 N–H and O–H groups in total. The average Bonchev–Trinajstić information content (AvgIpc) is 3.18. The van der Waals surface area contributed by atoms with Gasteiger partial charge in [0, 0.05) is 33.7 Å². The van der Waals surface area contributed by atoms with E-state index in [9.17, 15) is 9.59 Å². The van der Waals surface area contributed by atoms with Gasteiger partial charge in [-0.2, -0.15) is 0 Å². The maximum atomic E-state index is 13.1. The van der Waals surface area contributed by atoms with E-state index in [1.807, 2.05) is 42.6 Å². The second-order valence-electron chi connectivity index (χ2n) is 7.07. The average molecular weight is 497 g/mol. The van der Waals surface area contributed by atoms with E-state index in [2.05, 4.69) is 31.5 Å². The fourth-order valence-electron chi connectivity index (χ4n) is 3.37. The first-order valence-corrected chi connectivity index (χ1v) is 10.8. The lowest BCUT2D eigenvalue weighted by molar-refractivity contribution is -0.118. The fraction of sp³-hybridized carbons (Fsp3) is 0.0833. The van der Waals surface area contributed by atoms with Crippen molar-refractivity contribution in [3.05, 3.63) is 99.6 Å². The topological polar surface area (TPSA) is 74.0 Å². The Balaban J connectivity index is 1.60. The normalized spacial score (nSPS) is 11.8. The van der Waals surface area contributed by atoms with Gasteiger partial charge in [-0.3, -0.25) is 9.59 Å². The van der Waals surface area contributed by atoms with Gasteiger partial charge in [-0.15, -0.1) is 0 Å². The molecule has 0 aliphatic rings. The van der Waals surface area contributed by atoms with E-state index in [1.165, 1.54) is 0 Å². The number of nitrogens with one attached hydrogen (secondary N) is 3. The highest BCUT2D eigenvalue weighted by Crippen LogP contribution is 2.21. The number of benzene rings is 3. The van der Waals surface area contributed by atoms with E-state index in [4.69, 9.17) is 11.6 Å². The van der Waals surface area contributed by atoms with Crippen molar-refractivity contribution in [3.63, 3.8) is 0 Å². The van der Waals surface area contributed by atoms with Crippen molar-refractivity contribution in [2.24, 2.45) is 0 Å². The highest BCUT2D eigenvalue weighted by Gasteiger charge is 2.24. The summed E-state index contributed by atoms with van der Waals surface area (Å²) in [5, 5.41) is 7.08. The smallest absolute Gasteiger partial charge is 0.253 e. The molecule has 0 spiro atoms. The first-order chi connectivity index (χ1) is 15.0. The van der Waals surface area contributed by atoms with Gasteiger partial charge in [-0.05, 0) is 48.0 Å². The molecule has 0 aliphatic heterocycles. The molecule has 0 saturated heterocycles. The minimum Gasteiger partial charge on any atom is -0.361 e. The molecule has 1 unspecified atom stereocenters. The number of rotatable bonds is 6. The molecule has 1 heterocycles. The number of hydrogen-bond acceptors (Lipinski definition) is 2. The zero-order valence-corrected chi connectivity index (χ0v) is 18.7. The number of H-pyrrole nitrogens is 1. The Bertz CT molecular complexity index is 1240. The van der Waals surface area contributed by atoms with Crippen molar-refractivity contribution in [2.75, 3.05) is 5.32 Å². The number of amides is 2. The molecule has 7 heteroatoms. The Hall–Kier alpha value is -3.09. The highest BCUT2D eigenvalue weighted by molar-refractivity contribution is 9.10. The Morgan fingerprint density at radius 3 is 2.45 bits per heavy atom. The first-order valence-electron chi connectivity index (χ1n) is 9.68. The van der Waals surface area contributed by atoms with E-state index in [-0.39, 0.29) is 5.91 Å². The Morgan fingerprint density at radius 1 is 0.968 bits per heavy atom. The molecule has 5 nitrogen and oxygen atoms in total. The zero-order chi connectivity index (χ0) is 21.8. The van der Waals surface area contributed by atoms with Crippen molar-refractivity contribution < 1.29 is 9.59 Å². The lowest BCUT2D eigenvalue weighted by Gasteiger charge is -2.19. The van der Waals surface area contributed by atoms with Gasteiger partial charge in [0.25, 0.3) is 5.91 Å². The van der Waals surface area contributed by atoms with Gasteiger partial charge in [0.05, 0.1) is 10.6 Å². The number of anilines is 1. The molecule has 0 aliphatic carbocycles. The number of aromatic amines is 1. The molecule has 0 fully saturated rings. The van der Waals surface area contributed by atoms with Crippen LogP contribution in [0.3, 0.4) is 0 Å². The van der Waals surface area contributed by atoms with Gasteiger partial charge in [0.2, 0.25) is 5.91 Å². The van der Waals surface area contributed by atoms with Crippen LogP contribution >= 0.6 is 27.5 Å². The summed E-state index contributed by atoms with van der Waals surface area (Å²) in [5.74, 6) is -0.714. The Morgan fingerprint density at radius 2 is 1.68 bits per heavy atom. The summed E-state index contributed by atoms with van der Waals surface area (Å²) >= 11 is 9.56. The minimum atomic E-state index is -0.799. The summed E-state index contributed by atoms with van der Waals surface area (Å²) in [6.45, 7) is 0. The third kappa shape index (κ3) is 4.98. The molecule has 1 aromatic heterocycles. The van der Waals surface area contributed by atoms with Crippen LogP contribution in [0.1, 0.15) is 15.9 Å². The first kappa shape index (κ1) is 21.2. The molecular weight excluding hydrogens is 478 g/mol. The lowest BCUT2D eigenvalue weighted by Crippen LogP contribution is -2.45. The standard InChI is InChI=1S/C24H19BrClN3O2/c25-16-9-11-17(12-10-16)28-24(31)22(29-23(30)19-6-1-3-7-20(19)26)13-15-14-27-21-8-4-2-5-18(15)21/h1-12,14,22,27H,13H2,(H,28,31)(H,29,30). The van der Waals surface area contributed by atoms with Crippen LogP contribution in [-0.2, 0) is 11.2 Å². The molecule has 2 amide bonds. The number of aromatic nitrogens is 1. The van der Waals surface area contributed by atoms with E-state index >= 15 is 0 Å². The Labute approximate surface area is 192 Å². The van der Waals surface area contributed by atoms with Crippen LogP contribution in [0.4, 0.5) is 5.69 Å². The number of carbonyl (C=O) groups excluding carboxylic acids is 2. The van der Waals surface area contributed by atoms with Crippen molar-refractivity contribution >= 4 is 55.9 Å². The summed E-state index contributed by atoms with van der Waals surface area (Å²) in [7, 11) is 0. The quantitative estimate of drug-likeness (QED) is 0.327. The van der Waals surface area contributed by atoms with Crippen molar-refractivity contribution in [2.45, 2.75) is 12.5 Å². The maximum absolute atomic E-state index is 13.1. The summed E-state index contributed by atoms with van der Waals surface area (Å²) in [4.78, 5) is 29.2. The van der Waals surface area contributed by atoms with E-state index in [0.29, 0.717) is 22.7 Å². The number of halogens is 2. The van der Waals surface area contributed by atoms with Crippen LogP contribution in [-0.4, -0.2) is 22.8 Å². The lowest BCUT2D eigenvalue weighted by atomic mass is 10.0. The number of para-hydroxylation sites is 1. The van der Waals surface area contributed by atoms with Crippen LogP contribution in [0, 0.1) is 0 Å². The van der Waals surface area contributed by atoms with Crippen LogP contribution < -0.4 is 10.6 Å². The maximum Gasteiger partial charge on any atom is 0.253 e. The SMILES string of the molecule is O=C(NC(Cc1c[nH]c2ccccc12)C(=O)Nc1ccc(Br)cc1)c1ccccc1Cl. The predicted octanol–water partition coefficient (Wildman–Crippen LogP) is 5.56. The van der Waals surface area contributed by atoms with Crippen LogP contribution in [0.2, 0.25) is 5.02 Å². The minimum absolute atomic E-state index is 0.312. The Kier molecular flexibility index (Phi) is 6.39. The van der Waals surface area contributed by atoms with Gasteiger partial charge in [0.15, 0.2) is 0 Å². The predicted molar refractivity (Wildman–Crippen MR) is 127 cm³/mol. The summed E-state index contributed by atoms with van der Waals surface area (Å²) < 4.78 is 0.910. The molecule has 156 valence electrons. The van der Waals surface area contributed by atoms with E-state index in [1.54, 1.807) is 36.4 Å². The summed E-state index contributed by atoms with van der Waals surface area (Å²) in [5.41, 5.74) is 2.88. The zero-order valence-electron chi connectivity index (χ0n) is 16.4. The van der Waals surface area contributed by atoms with Gasteiger partial charge in [-0.25, -0.2) is 0 Å². The van der Waals surface area contributed by atoms with Crippen LogP contribution in [0.5, 0.6) is 0 Å². The fourth-order valence-corrected chi connectivity index (χ4v) is 3.86. The summed E-state index contributed by atoms with van der Waals surface area (Å²) in [6.07, 6.45) is 2.19. The van der Waals surface area contributed by atoms with Crippen molar-refractivity contribution in [1.82, 2.24) is 10.3 Å². The molecule has 1 atom stereocenters. The largest absolute Gasteiger partial charge is 0.361 e.